The predicted octanol–water partition coefficient (Wildman–Crippen LogP) is 4.37. The van der Waals surface area contributed by atoms with Gasteiger partial charge >= 0.3 is 12.3 Å². The molecule has 0 fully saturated rings. The van der Waals surface area contributed by atoms with Crippen LogP contribution in [0.25, 0.3) is 5.32 Å². The lowest BCUT2D eigenvalue weighted by atomic mass is 10.3. The molecule has 0 spiro atoms. The Morgan fingerprint density at radius 1 is 1.07 bits per heavy atom. The molecule has 3 rings (SSSR count). The number of carboxylic acids is 1. The molecule has 2 aromatic carbocycles. The zero-order valence-corrected chi connectivity index (χ0v) is 14.0. The molecule has 11 heteroatoms. The Morgan fingerprint density at radius 3 is 2.04 bits per heavy atom. The van der Waals surface area contributed by atoms with Crippen molar-refractivity contribution in [1.29, 1.82) is 0 Å². The summed E-state index contributed by atoms with van der Waals surface area (Å²) in [5, 5.41) is 19.4. The minimum Gasteiger partial charge on any atom is -0.596 e. The van der Waals surface area contributed by atoms with E-state index in [1.807, 2.05) is 18.2 Å². The molecule has 0 atom stereocenters. The summed E-state index contributed by atoms with van der Waals surface area (Å²) < 4.78 is 34.7. The highest BCUT2D eigenvalue weighted by molar-refractivity contribution is 5.84. The Bertz CT molecular complexity index is 866. The van der Waals surface area contributed by atoms with Gasteiger partial charge in [-0.2, -0.15) is 28.5 Å². The summed E-state index contributed by atoms with van der Waals surface area (Å²) in [6.45, 7) is 0. The minimum atomic E-state index is -4.47. The number of hydrogen-bond acceptors (Lipinski definition) is 5. The molecule has 3 aromatic rings. The van der Waals surface area contributed by atoms with Crippen LogP contribution in [-0.2, 0) is 4.79 Å². The lowest BCUT2D eigenvalue weighted by Gasteiger charge is -2.24. The van der Waals surface area contributed by atoms with Gasteiger partial charge in [-0.25, -0.2) is 9.59 Å². The van der Waals surface area contributed by atoms with Gasteiger partial charge in [0.05, 0.1) is 11.9 Å². The number of benzene rings is 2. The number of rotatable bonds is 3. The first-order valence-electron chi connectivity index (χ1n) is 7.38. The molecule has 146 valence electrons. The number of aromatic carboxylic acids is 1. The molecular formula is C17H13F3N5O3-. The lowest BCUT2D eigenvalue weighted by Crippen LogP contribution is -2.02. The maximum Gasteiger partial charge on any atom is 0.358 e. The summed E-state index contributed by atoms with van der Waals surface area (Å²) in [5.41, 5.74) is 0.512. The van der Waals surface area contributed by atoms with Crippen molar-refractivity contribution in [2.24, 2.45) is 4.99 Å². The predicted molar refractivity (Wildman–Crippen MR) is 93.1 cm³/mol. The highest BCUT2D eigenvalue weighted by Gasteiger charge is 2.12. The van der Waals surface area contributed by atoms with Crippen LogP contribution in [0.4, 0.5) is 24.5 Å². The van der Waals surface area contributed by atoms with Crippen molar-refractivity contribution in [3.8, 4) is 0 Å². The number of aliphatic imine (C=N–C) groups is 1. The minimum absolute atomic E-state index is 0.0648. The number of aromatic amines is 1. The average Bonchev–Trinajstić information content (AvgIpc) is 3.19. The molecular weight excluding hydrogens is 379 g/mol. The van der Waals surface area contributed by atoms with Gasteiger partial charge in [-0.05, 0) is 12.1 Å². The zero-order chi connectivity index (χ0) is 20.8. The SMILES string of the molecule is FC(F)(F)[N-]c1ccccc1.O=C(O)c1cn[nH]n1.O=C=Nc1ccccc1. The zero-order valence-electron chi connectivity index (χ0n) is 14.0. The molecule has 2 N–H and O–H groups in total. The first-order valence-corrected chi connectivity index (χ1v) is 7.38. The number of carboxylic acid groups (broad SMARTS) is 1. The Labute approximate surface area is 156 Å². The van der Waals surface area contributed by atoms with Crippen molar-refractivity contribution in [1.82, 2.24) is 15.4 Å². The third kappa shape index (κ3) is 10.1. The van der Waals surface area contributed by atoms with Gasteiger partial charge in [-0.3, -0.25) is 0 Å². The molecule has 0 bridgehead atoms. The Balaban J connectivity index is 0.000000213. The molecule has 1 heterocycles. The number of carbonyl (C=O) groups excluding carboxylic acids is 1. The van der Waals surface area contributed by atoms with Crippen LogP contribution in [0.5, 0.6) is 0 Å². The smallest absolute Gasteiger partial charge is 0.358 e. The monoisotopic (exact) mass is 392 g/mol. The molecule has 0 amide bonds. The third-order valence-corrected chi connectivity index (χ3v) is 2.58. The fraction of sp³-hybridized carbons (Fsp3) is 0.0588. The van der Waals surface area contributed by atoms with Gasteiger partial charge in [-0.15, -0.1) is 10.8 Å². The van der Waals surface area contributed by atoms with Crippen LogP contribution in [0.1, 0.15) is 10.5 Å². The first kappa shape index (κ1) is 22.1. The molecule has 0 aliphatic rings. The van der Waals surface area contributed by atoms with Gasteiger partial charge < -0.3 is 10.4 Å². The second kappa shape index (κ2) is 11.6. The highest BCUT2D eigenvalue weighted by Crippen LogP contribution is 2.31. The number of para-hydroxylation sites is 2. The molecule has 0 aliphatic carbocycles. The number of carbonyl (C=O) groups is 1. The van der Waals surface area contributed by atoms with Gasteiger partial charge in [-0.1, -0.05) is 48.5 Å². The fourth-order valence-corrected chi connectivity index (χ4v) is 1.51. The standard InChI is InChI=1S/C7H5F3N.C7H5NO.C3H3N3O2/c8-7(9,10)11-6-4-2-1-3-5-6;9-6-8-7-4-2-1-3-5-7;7-3(8)2-1-4-6-5-2/h1-5H;1-5H;1H,(H,7,8)(H,4,5,6)/q-1;;. The second-order valence-electron chi connectivity index (χ2n) is 4.61. The van der Waals surface area contributed by atoms with Crippen LogP contribution in [0.15, 0.2) is 71.9 Å². The summed E-state index contributed by atoms with van der Waals surface area (Å²) in [7, 11) is 0. The van der Waals surface area contributed by atoms with Gasteiger partial charge in [0.15, 0.2) is 5.69 Å². The Morgan fingerprint density at radius 2 is 1.64 bits per heavy atom. The number of aromatic nitrogens is 3. The summed E-state index contributed by atoms with van der Waals surface area (Å²) in [5.74, 6) is -1.07. The fourth-order valence-electron chi connectivity index (χ4n) is 1.51. The Hall–Kier alpha value is -3.98. The summed E-state index contributed by atoms with van der Waals surface area (Å²) in [4.78, 5) is 23.0. The molecule has 0 saturated heterocycles. The molecule has 1 aromatic heterocycles. The lowest BCUT2D eigenvalue weighted by molar-refractivity contribution is -0.0875. The van der Waals surface area contributed by atoms with Crippen LogP contribution in [0.2, 0.25) is 0 Å². The van der Waals surface area contributed by atoms with E-state index in [9.17, 15) is 22.8 Å². The largest absolute Gasteiger partial charge is 0.596 e. The van der Waals surface area contributed by atoms with Crippen molar-refractivity contribution in [3.05, 3.63) is 77.9 Å². The second-order valence-corrected chi connectivity index (χ2v) is 4.61. The Kier molecular flexibility index (Phi) is 9.14. The third-order valence-electron chi connectivity index (χ3n) is 2.58. The van der Waals surface area contributed by atoms with Crippen molar-refractivity contribution in [2.75, 3.05) is 0 Å². The van der Waals surface area contributed by atoms with Crippen LogP contribution >= 0.6 is 0 Å². The van der Waals surface area contributed by atoms with E-state index in [0.717, 1.165) is 6.20 Å². The van der Waals surface area contributed by atoms with Crippen LogP contribution < -0.4 is 0 Å². The summed E-state index contributed by atoms with van der Waals surface area (Å²) in [6.07, 6.45) is -1.87. The van der Waals surface area contributed by atoms with E-state index in [0.29, 0.717) is 5.69 Å². The number of alkyl halides is 3. The maximum absolute atomic E-state index is 11.6. The molecule has 0 radical (unpaired) electrons. The maximum atomic E-state index is 11.6. The molecule has 28 heavy (non-hydrogen) atoms. The molecule has 0 saturated carbocycles. The summed E-state index contributed by atoms with van der Waals surface area (Å²) in [6, 6.07) is 16.2. The van der Waals surface area contributed by atoms with Gasteiger partial charge in [0.25, 0.3) is 0 Å². The van der Waals surface area contributed by atoms with E-state index in [-0.39, 0.29) is 11.4 Å². The van der Waals surface area contributed by atoms with Gasteiger partial charge in [0.1, 0.15) is 0 Å². The van der Waals surface area contributed by atoms with Crippen LogP contribution in [-0.4, -0.2) is 38.9 Å². The number of nitrogens with zero attached hydrogens (tertiary/aromatic N) is 4. The van der Waals surface area contributed by atoms with Crippen molar-refractivity contribution >= 4 is 23.4 Å². The first-order chi connectivity index (χ1) is 13.3. The van der Waals surface area contributed by atoms with Crippen LogP contribution in [0.3, 0.4) is 0 Å². The van der Waals surface area contributed by atoms with Gasteiger partial charge in [0, 0.05) is 0 Å². The van der Waals surface area contributed by atoms with Crippen molar-refractivity contribution < 1.29 is 27.9 Å². The highest BCUT2D eigenvalue weighted by atomic mass is 19.4. The van der Waals surface area contributed by atoms with E-state index >= 15 is 0 Å². The molecule has 0 aliphatic heterocycles. The normalized spacial score (nSPS) is 9.54. The number of halogens is 3. The van der Waals surface area contributed by atoms with E-state index in [1.54, 1.807) is 18.2 Å². The van der Waals surface area contributed by atoms with E-state index in [4.69, 9.17) is 5.11 Å². The number of H-pyrrole nitrogens is 1. The van der Waals surface area contributed by atoms with Crippen LogP contribution in [0, 0.1) is 0 Å². The van der Waals surface area contributed by atoms with Gasteiger partial charge in [0.2, 0.25) is 6.08 Å². The number of nitrogens with one attached hydrogen (secondary N) is 1. The topological polar surface area (TPSA) is 122 Å². The molecule has 0 unspecified atom stereocenters. The van der Waals surface area contributed by atoms with Crippen molar-refractivity contribution in [3.63, 3.8) is 0 Å². The van der Waals surface area contributed by atoms with E-state index in [2.05, 4.69) is 25.7 Å². The number of isocyanates is 1. The average molecular weight is 392 g/mol. The number of hydrogen-bond donors (Lipinski definition) is 2. The quantitative estimate of drug-likeness (QED) is 0.389. The van der Waals surface area contributed by atoms with Crippen molar-refractivity contribution in [2.45, 2.75) is 6.30 Å². The molecule has 8 nitrogen and oxygen atoms in total. The summed E-state index contributed by atoms with van der Waals surface area (Å²) >= 11 is 0. The van der Waals surface area contributed by atoms with E-state index in [1.165, 1.54) is 30.3 Å². The van der Waals surface area contributed by atoms with E-state index < -0.39 is 12.3 Å².